The number of carbonyl (C=O) groups excluding carboxylic acids is 1. The number of amides is 1. The summed E-state index contributed by atoms with van der Waals surface area (Å²) < 4.78 is 17.0. The quantitative estimate of drug-likeness (QED) is 0.162. The van der Waals surface area contributed by atoms with Crippen molar-refractivity contribution in [2.24, 2.45) is 4.99 Å². The molecule has 1 fully saturated rings. The van der Waals surface area contributed by atoms with Crippen molar-refractivity contribution < 1.29 is 18.8 Å². The first kappa shape index (κ1) is 27.6. The Morgan fingerprint density at radius 2 is 1.87 bits per heavy atom. The van der Waals surface area contributed by atoms with E-state index >= 15 is 0 Å². The topological polar surface area (TPSA) is 90.1 Å². The molecule has 0 unspecified atom stereocenters. The molecule has 0 aliphatic carbocycles. The lowest BCUT2D eigenvalue weighted by atomic mass is 10.1. The van der Waals surface area contributed by atoms with Gasteiger partial charge in [0.05, 0.1) is 6.61 Å². The summed E-state index contributed by atoms with van der Waals surface area (Å²) in [6, 6.07) is 12.2. The number of nitrogens with zero attached hydrogens (tertiary/aromatic N) is 4. The Bertz CT molecular complexity index is 1260. The van der Waals surface area contributed by atoms with Gasteiger partial charge in [-0.15, -0.1) is 0 Å². The van der Waals surface area contributed by atoms with Gasteiger partial charge >= 0.3 is 6.09 Å². The minimum Gasteiger partial charge on any atom is -0.494 e. The predicted molar refractivity (Wildman–Crippen MR) is 150 cm³/mol. The van der Waals surface area contributed by atoms with E-state index in [0.717, 1.165) is 54.5 Å². The van der Waals surface area contributed by atoms with Crippen molar-refractivity contribution in [3.05, 3.63) is 42.3 Å². The molecule has 0 radical (unpaired) electrons. The molecule has 0 spiro atoms. The van der Waals surface area contributed by atoms with Crippen LogP contribution in [-0.4, -0.2) is 45.7 Å². The first-order valence-electron chi connectivity index (χ1n) is 13.8. The molecule has 1 amide bonds. The molecule has 38 heavy (non-hydrogen) atoms. The van der Waals surface area contributed by atoms with Gasteiger partial charge < -0.3 is 18.9 Å². The van der Waals surface area contributed by atoms with Crippen molar-refractivity contribution in [3.8, 4) is 17.1 Å². The lowest BCUT2D eigenvalue weighted by Crippen LogP contribution is -2.30. The highest BCUT2D eigenvalue weighted by Crippen LogP contribution is 2.33. The molecule has 0 N–H and O–H groups in total. The van der Waals surface area contributed by atoms with Crippen molar-refractivity contribution in [2.45, 2.75) is 91.2 Å². The van der Waals surface area contributed by atoms with Gasteiger partial charge in [-0.3, -0.25) is 0 Å². The van der Waals surface area contributed by atoms with E-state index in [4.69, 9.17) is 19.0 Å². The van der Waals surface area contributed by atoms with Crippen molar-refractivity contribution in [1.82, 2.24) is 15.0 Å². The van der Waals surface area contributed by atoms with Gasteiger partial charge in [0.2, 0.25) is 11.7 Å². The summed E-state index contributed by atoms with van der Waals surface area (Å²) in [4.78, 5) is 23.1. The van der Waals surface area contributed by atoms with Gasteiger partial charge in [-0.1, -0.05) is 56.0 Å². The molecule has 8 heteroatoms. The summed E-state index contributed by atoms with van der Waals surface area (Å²) in [6.07, 6.45) is 7.32. The highest BCUT2D eigenvalue weighted by Gasteiger charge is 2.32. The van der Waals surface area contributed by atoms with Crippen LogP contribution in [0.25, 0.3) is 22.2 Å². The van der Waals surface area contributed by atoms with Crippen molar-refractivity contribution in [2.75, 3.05) is 13.2 Å². The maximum atomic E-state index is 12.2. The van der Waals surface area contributed by atoms with Gasteiger partial charge in [0, 0.05) is 12.1 Å². The van der Waals surface area contributed by atoms with Crippen LogP contribution in [0.4, 0.5) is 4.79 Å². The third-order valence-electron chi connectivity index (χ3n) is 6.63. The number of likely N-dealkylation sites (tertiary alicyclic amines) is 1. The summed E-state index contributed by atoms with van der Waals surface area (Å²) in [5.74, 6) is 2.56. The maximum Gasteiger partial charge on any atom is 0.435 e. The standard InChI is InChI=1S/C30H40N4O4/c1-6-7-8-9-10-18-36-25-16-15-22-19-24(14-13-23(22)20-25)27-32-28(38-33-27)26-12-11-17-34(26)21(2)31-29(35)37-30(3,4)5/h13-16,19-20,26H,6-12,17-18H2,1-5H3/b31-21+/t26-/m0/s1. The lowest BCUT2D eigenvalue weighted by Gasteiger charge is -2.24. The van der Waals surface area contributed by atoms with E-state index in [1.807, 2.05) is 44.7 Å². The molecule has 204 valence electrons. The smallest absolute Gasteiger partial charge is 0.435 e. The number of hydrogen-bond acceptors (Lipinski definition) is 6. The number of aromatic nitrogens is 2. The van der Waals surface area contributed by atoms with E-state index in [0.29, 0.717) is 17.6 Å². The van der Waals surface area contributed by atoms with Gasteiger partial charge in [0.1, 0.15) is 23.2 Å². The number of ether oxygens (including phenoxy) is 2. The van der Waals surface area contributed by atoms with E-state index in [1.165, 1.54) is 25.7 Å². The molecule has 4 rings (SSSR count). The highest BCUT2D eigenvalue weighted by atomic mass is 16.6. The molecule has 1 aliphatic heterocycles. The van der Waals surface area contributed by atoms with E-state index in [9.17, 15) is 4.79 Å². The summed E-state index contributed by atoms with van der Waals surface area (Å²) in [7, 11) is 0. The van der Waals surface area contributed by atoms with Crippen LogP contribution in [0.3, 0.4) is 0 Å². The number of carbonyl (C=O) groups is 1. The Kier molecular flexibility index (Phi) is 9.02. The molecule has 0 saturated carbocycles. The second-order valence-corrected chi connectivity index (χ2v) is 10.9. The fourth-order valence-electron chi connectivity index (χ4n) is 4.73. The predicted octanol–water partition coefficient (Wildman–Crippen LogP) is 7.73. The molecule has 8 nitrogen and oxygen atoms in total. The van der Waals surface area contributed by atoms with Gasteiger partial charge in [-0.05, 0) is 75.9 Å². The van der Waals surface area contributed by atoms with Crippen LogP contribution >= 0.6 is 0 Å². The number of rotatable bonds is 9. The molecular formula is C30H40N4O4. The summed E-state index contributed by atoms with van der Waals surface area (Å²) >= 11 is 0. The number of aliphatic imine (C=N–C) groups is 1. The van der Waals surface area contributed by atoms with Gasteiger partial charge in [0.25, 0.3) is 0 Å². The van der Waals surface area contributed by atoms with E-state index < -0.39 is 11.7 Å². The first-order chi connectivity index (χ1) is 18.2. The average Bonchev–Trinajstić information content (AvgIpc) is 3.54. The minimum absolute atomic E-state index is 0.121. The SMILES string of the molecule is CCCCCCCOc1ccc2cc(-c3noc([C@@H]4CCCN4/C(C)=N/C(=O)OC(C)(C)C)n3)ccc2c1. The zero-order chi connectivity index (χ0) is 27.1. The molecule has 1 saturated heterocycles. The van der Waals surface area contributed by atoms with Crippen LogP contribution in [-0.2, 0) is 4.74 Å². The minimum atomic E-state index is -0.594. The number of hydrogen-bond donors (Lipinski definition) is 0. The third-order valence-corrected chi connectivity index (χ3v) is 6.63. The second kappa shape index (κ2) is 12.4. The first-order valence-corrected chi connectivity index (χ1v) is 13.8. The molecule has 3 aromatic rings. The summed E-state index contributed by atoms with van der Waals surface area (Å²) in [6.45, 7) is 11.0. The number of amidine groups is 1. The van der Waals surface area contributed by atoms with Crippen LogP contribution in [0, 0.1) is 0 Å². The molecule has 2 aromatic carbocycles. The molecule has 1 atom stereocenters. The fraction of sp³-hybridized carbons (Fsp3) is 0.533. The highest BCUT2D eigenvalue weighted by molar-refractivity contribution is 5.90. The lowest BCUT2D eigenvalue weighted by molar-refractivity contribution is 0.0601. The van der Waals surface area contributed by atoms with E-state index in [-0.39, 0.29) is 6.04 Å². The Morgan fingerprint density at radius 1 is 1.11 bits per heavy atom. The number of benzene rings is 2. The van der Waals surface area contributed by atoms with E-state index in [1.54, 1.807) is 0 Å². The number of unbranched alkanes of at least 4 members (excludes halogenated alkanes) is 4. The Balaban J connectivity index is 1.42. The monoisotopic (exact) mass is 520 g/mol. The van der Waals surface area contributed by atoms with Crippen molar-refractivity contribution in [1.29, 1.82) is 0 Å². The Morgan fingerprint density at radius 3 is 2.66 bits per heavy atom. The zero-order valence-corrected chi connectivity index (χ0v) is 23.3. The van der Waals surface area contributed by atoms with Crippen LogP contribution in [0.1, 0.15) is 91.5 Å². The fourth-order valence-corrected chi connectivity index (χ4v) is 4.73. The van der Waals surface area contributed by atoms with Crippen LogP contribution in [0.2, 0.25) is 0 Å². The second-order valence-electron chi connectivity index (χ2n) is 10.9. The largest absolute Gasteiger partial charge is 0.494 e. The molecular weight excluding hydrogens is 480 g/mol. The summed E-state index contributed by atoms with van der Waals surface area (Å²) in [5, 5.41) is 6.46. The van der Waals surface area contributed by atoms with Crippen molar-refractivity contribution >= 4 is 22.7 Å². The average molecular weight is 521 g/mol. The van der Waals surface area contributed by atoms with Crippen LogP contribution in [0.15, 0.2) is 45.9 Å². The van der Waals surface area contributed by atoms with Crippen LogP contribution in [0.5, 0.6) is 5.75 Å². The molecule has 1 aromatic heterocycles. The van der Waals surface area contributed by atoms with Crippen LogP contribution < -0.4 is 4.74 Å². The Labute approximate surface area is 225 Å². The molecule has 2 heterocycles. The normalized spacial score (nSPS) is 16.3. The van der Waals surface area contributed by atoms with Gasteiger partial charge in [0.15, 0.2) is 0 Å². The zero-order valence-electron chi connectivity index (χ0n) is 23.3. The van der Waals surface area contributed by atoms with Gasteiger partial charge in [-0.25, -0.2) is 4.79 Å². The third kappa shape index (κ3) is 7.33. The van der Waals surface area contributed by atoms with E-state index in [2.05, 4.69) is 41.3 Å². The Hall–Kier alpha value is -3.42. The maximum absolute atomic E-state index is 12.2. The van der Waals surface area contributed by atoms with Crippen molar-refractivity contribution in [3.63, 3.8) is 0 Å². The molecule has 1 aliphatic rings. The summed E-state index contributed by atoms with van der Waals surface area (Å²) in [5.41, 5.74) is 0.301. The van der Waals surface area contributed by atoms with Gasteiger partial charge in [-0.2, -0.15) is 9.98 Å². The molecule has 0 bridgehead atoms. The number of fused-ring (bicyclic) bond motifs is 1.